The van der Waals surface area contributed by atoms with Gasteiger partial charge in [-0.05, 0) is 12.1 Å². The lowest BCUT2D eigenvalue weighted by Gasteiger charge is -2.14. The van der Waals surface area contributed by atoms with Crippen molar-refractivity contribution in [3.05, 3.63) is 46.7 Å². The second-order valence-electron chi connectivity index (χ2n) is 3.78. The Morgan fingerprint density at radius 2 is 2.28 bits per heavy atom. The van der Waals surface area contributed by atoms with Crippen molar-refractivity contribution < 1.29 is 4.39 Å². The first kappa shape index (κ1) is 13.5. The summed E-state index contributed by atoms with van der Waals surface area (Å²) in [6.45, 7) is 0. The summed E-state index contributed by atoms with van der Waals surface area (Å²) in [4.78, 5) is 5.85. The zero-order valence-corrected chi connectivity index (χ0v) is 11.3. The Morgan fingerprint density at radius 1 is 1.44 bits per heavy atom. The van der Waals surface area contributed by atoms with Gasteiger partial charge in [0.25, 0.3) is 0 Å². The minimum absolute atomic E-state index is 0.107. The van der Waals surface area contributed by atoms with Crippen LogP contribution in [0.4, 0.5) is 4.39 Å². The molecule has 18 heavy (non-hydrogen) atoms. The number of hydrogen-bond donors (Lipinski definition) is 2. The molecule has 1 unspecified atom stereocenters. The van der Waals surface area contributed by atoms with E-state index in [1.807, 2.05) is 12.3 Å². The van der Waals surface area contributed by atoms with Crippen LogP contribution >= 0.6 is 23.1 Å². The number of thiazole rings is 1. The first-order valence-corrected chi connectivity index (χ1v) is 7.37. The molecule has 1 heterocycles. The van der Waals surface area contributed by atoms with Gasteiger partial charge >= 0.3 is 0 Å². The quantitative estimate of drug-likeness (QED) is 0.486. The number of hydrogen-bond acceptors (Lipinski definition) is 5. The lowest BCUT2D eigenvalue weighted by atomic mass is 10.2. The van der Waals surface area contributed by atoms with Crippen molar-refractivity contribution in [3.63, 3.8) is 0 Å². The van der Waals surface area contributed by atoms with Gasteiger partial charge in [0.15, 0.2) is 0 Å². The molecule has 0 spiro atoms. The second kappa shape index (κ2) is 6.84. The normalized spacial score (nSPS) is 12.6. The van der Waals surface area contributed by atoms with Crippen LogP contribution < -0.4 is 11.3 Å². The first-order valence-electron chi connectivity index (χ1n) is 5.50. The van der Waals surface area contributed by atoms with Crippen molar-refractivity contribution >= 4 is 23.1 Å². The molecule has 6 heteroatoms. The van der Waals surface area contributed by atoms with Crippen molar-refractivity contribution in [2.24, 2.45) is 5.84 Å². The number of aromatic nitrogens is 1. The van der Waals surface area contributed by atoms with E-state index in [-0.39, 0.29) is 11.9 Å². The first-order chi connectivity index (χ1) is 8.79. The van der Waals surface area contributed by atoms with E-state index in [2.05, 4.69) is 10.4 Å². The number of nitrogens with two attached hydrogens (primary N) is 1. The highest BCUT2D eigenvalue weighted by atomic mass is 32.2. The van der Waals surface area contributed by atoms with Gasteiger partial charge in [-0.15, -0.1) is 23.1 Å². The number of hydrazine groups is 1. The molecule has 1 aromatic heterocycles. The summed E-state index contributed by atoms with van der Waals surface area (Å²) in [5.41, 5.74) is 4.56. The Hall–Kier alpha value is -0.950. The Labute approximate surface area is 114 Å². The van der Waals surface area contributed by atoms with Crippen LogP contribution in [0.3, 0.4) is 0 Å². The number of benzene rings is 1. The third kappa shape index (κ3) is 3.78. The van der Waals surface area contributed by atoms with Gasteiger partial charge in [0.2, 0.25) is 0 Å². The van der Waals surface area contributed by atoms with Crippen LogP contribution in [0.5, 0.6) is 0 Å². The van der Waals surface area contributed by atoms with E-state index in [0.717, 1.165) is 12.2 Å². The minimum Gasteiger partial charge on any atom is -0.271 e. The molecule has 0 saturated carbocycles. The molecule has 0 saturated heterocycles. The lowest BCUT2D eigenvalue weighted by Crippen LogP contribution is -2.38. The van der Waals surface area contributed by atoms with Gasteiger partial charge in [-0.2, -0.15) is 0 Å². The van der Waals surface area contributed by atoms with Crippen molar-refractivity contribution in [3.8, 4) is 0 Å². The monoisotopic (exact) mass is 283 g/mol. The van der Waals surface area contributed by atoms with Gasteiger partial charge in [-0.1, -0.05) is 12.1 Å². The standard InChI is InChI=1S/C12H14FN3S2/c13-11-3-1-2-4-12(11)17-7-9(16-14)5-10-6-15-8-18-10/h1-4,6,8-9,16H,5,7,14H2. The number of nitrogens with one attached hydrogen (secondary N) is 1. The summed E-state index contributed by atoms with van der Waals surface area (Å²) < 4.78 is 13.4. The molecule has 0 aliphatic rings. The lowest BCUT2D eigenvalue weighted by molar-refractivity contribution is 0.576. The molecule has 0 aliphatic carbocycles. The smallest absolute Gasteiger partial charge is 0.136 e. The van der Waals surface area contributed by atoms with Crippen LogP contribution in [0, 0.1) is 5.82 Å². The molecule has 1 atom stereocenters. The van der Waals surface area contributed by atoms with E-state index in [9.17, 15) is 4.39 Å². The van der Waals surface area contributed by atoms with Crippen molar-refractivity contribution in [2.45, 2.75) is 17.4 Å². The molecule has 1 aromatic carbocycles. The molecule has 3 nitrogen and oxygen atoms in total. The molecule has 0 radical (unpaired) electrons. The molecule has 0 bridgehead atoms. The van der Waals surface area contributed by atoms with Gasteiger partial charge in [0.05, 0.1) is 5.51 Å². The zero-order valence-electron chi connectivity index (χ0n) is 9.67. The average Bonchev–Trinajstić information content (AvgIpc) is 2.89. The molecule has 3 N–H and O–H groups in total. The predicted octanol–water partition coefficient (Wildman–Crippen LogP) is 2.45. The van der Waals surface area contributed by atoms with Crippen LogP contribution in [0.1, 0.15) is 4.88 Å². The highest BCUT2D eigenvalue weighted by molar-refractivity contribution is 7.99. The minimum atomic E-state index is -0.184. The number of rotatable bonds is 6. The van der Waals surface area contributed by atoms with Gasteiger partial charge in [0, 0.05) is 34.2 Å². The summed E-state index contributed by atoms with van der Waals surface area (Å²) in [6, 6.07) is 6.88. The SMILES string of the molecule is NNC(CSc1ccccc1F)Cc1cncs1. The largest absolute Gasteiger partial charge is 0.271 e. The van der Waals surface area contributed by atoms with E-state index in [0.29, 0.717) is 4.90 Å². The van der Waals surface area contributed by atoms with Crippen molar-refractivity contribution in [1.29, 1.82) is 0 Å². The predicted molar refractivity (Wildman–Crippen MR) is 74.1 cm³/mol. The van der Waals surface area contributed by atoms with Gasteiger partial charge in [0.1, 0.15) is 5.82 Å². The highest BCUT2D eigenvalue weighted by Gasteiger charge is 2.11. The second-order valence-corrected chi connectivity index (χ2v) is 5.81. The van der Waals surface area contributed by atoms with Gasteiger partial charge in [-0.25, -0.2) is 4.39 Å². The Morgan fingerprint density at radius 3 is 2.94 bits per heavy atom. The van der Waals surface area contributed by atoms with Crippen molar-refractivity contribution in [1.82, 2.24) is 10.4 Å². The van der Waals surface area contributed by atoms with Crippen molar-refractivity contribution in [2.75, 3.05) is 5.75 Å². The molecule has 2 aromatic rings. The summed E-state index contributed by atoms with van der Waals surface area (Å²) in [6.07, 6.45) is 2.64. The van der Waals surface area contributed by atoms with Gasteiger partial charge in [-0.3, -0.25) is 16.3 Å². The maximum atomic E-state index is 13.4. The zero-order chi connectivity index (χ0) is 12.8. The number of halogens is 1. The fourth-order valence-corrected chi connectivity index (χ4v) is 3.16. The van der Waals surface area contributed by atoms with E-state index in [1.165, 1.54) is 22.7 Å². The maximum Gasteiger partial charge on any atom is 0.136 e. The topological polar surface area (TPSA) is 50.9 Å². The summed E-state index contributed by atoms with van der Waals surface area (Å²) in [5, 5.41) is 0. The maximum absolute atomic E-state index is 13.4. The summed E-state index contributed by atoms with van der Waals surface area (Å²) in [7, 11) is 0. The Kier molecular flexibility index (Phi) is 5.12. The van der Waals surface area contributed by atoms with Crippen LogP contribution in [0.15, 0.2) is 40.9 Å². The van der Waals surface area contributed by atoms with E-state index in [4.69, 9.17) is 5.84 Å². The third-order valence-corrected chi connectivity index (χ3v) is 4.46. The molecule has 0 amide bonds. The van der Waals surface area contributed by atoms with Crippen LogP contribution in [0.25, 0.3) is 0 Å². The Balaban J connectivity index is 1.89. The summed E-state index contributed by atoms with van der Waals surface area (Å²) in [5.74, 6) is 6.05. The van der Waals surface area contributed by atoms with Crippen LogP contribution in [0.2, 0.25) is 0 Å². The molecule has 96 valence electrons. The fourth-order valence-electron chi connectivity index (χ4n) is 1.50. The molecule has 0 fully saturated rings. The Bertz CT molecular complexity index is 476. The summed E-state index contributed by atoms with van der Waals surface area (Å²) >= 11 is 3.07. The average molecular weight is 283 g/mol. The van der Waals surface area contributed by atoms with Gasteiger partial charge < -0.3 is 0 Å². The van der Waals surface area contributed by atoms with E-state index < -0.39 is 0 Å². The number of nitrogens with zero attached hydrogens (tertiary/aromatic N) is 1. The van der Waals surface area contributed by atoms with Crippen LogP contribution in [-0.2, 0) is 6.42 Å². The molecular formula is C12H14FN3S2. The molecule has 2 rings (SSSR count). The molecule has 0 aliphatic heterocycles. The molecular weight excluding hydrogens is 269 g/mol. The fraction of sp³-hybridized carbons (Fsp3) is 0.250. The van der Waals surface area contributed by atoms with E-state index in [1.54, 1.807) is 29.0 Å². The van der Waals surface area contributed by atoms with E-state index >= 15 is 0 Å². The number of thioether (sulfide) groups is 1. The highest BCUT2D eigenvalue weighted by Crippen LogP contribution is 2.22. The third-order valence-electron chi connectivity index (χ3n) is 2.44. The van der Waals surface area contributed by atoms with Crippen LogP contribution in [-0.4, -0.2) is 16.8 Å².